The number of nitrogens with zero attached hydrogens (tertiary/aromatic N) is 5. The van der Waals surface area contributed by atoms with Crippen molar-refractivity contribution in [3.63, 3.8) is 0 Å². The Bertz CT molecular complexity index is 1180. The van der Waals surface area contributed by atoms with Crippen molar-refractivity contribution in [2.24, 2.45) is 0 Å². The normalized spacial score (nSPS) is 16.4. The fourth-order valence-electron chi connectivity index (χ4n) is 4.19. The molecule has 0 aliphatic carbocycles. The van der Waals surface area contributed by atoms with Gasteiger partial charge in [0.2, 0.25) is 11.9 Å². The van der Waals surface area contributed by atoms with E-state index in [2.05, 4.69) is 33.3 Å². The summed E-state index contributed by atoms with van der Waals surface area (Å²) < 4.78 is 21.3. The third kappa shape index (κ3) is 5.00. The molecule has 0 spiro atoms. The van der Waals surface area contributed by atoms with Gasteiger partial charge in [-0.3, -0.25) is 9.36 Å². The predicted octanol–water partition coefficient (Wildman–Crippen LogP) is 3.65. The summed E-state index contributed by atoms with van der Waals surface area (Å²) in [6.07, 6.45) is 2.97. The molecule has 2 aliphatic rings. The molecule has 3 aromatic rings. The molecule has 1 amide bonds. The lowest BCUT2D eigenvalue weighted by Gasteiger charge is -2.28. The molecule has 1 saturated heterocycles. The molecule has 0 atom stereocenters. The number of aromatic nitrogens is 3. The van der Waals surface area contributed by atoms with Gasteiger partial charge in [0.05, 0.1) is 24.7 Å². The summed E-state index contributed by atoms with van der Waals surface area (Å²) in [5, 5.41) is 9.31. The highest BCUT2D eigenvalue weighted by Crippen LogP contribution is 2.28. The van der Waals surface area contributed by atoms with E-state index in [0.717, 1.165) is 6.42 Å². The molecular weight excluding hydrogens is 453 g/mol. The van der Waals surface area contributed by atoms with Gasteiger partial charge in [-0.15, -0.1) is 10.2 Å². The number of anilines is 1. The van der Waals surface area contributed by atoms with Crippen LogP contribution in [0.1, 0.15) is 12.0 Å². The van der Waals surface area contributed by atoms with E-state index in [1.165, 1.54) is 35.0 Å². The van der Waals surface area contributed by atoms with E-state index in [1.807, 2.05) is 33.7 Å². The third-order valence-electron chi connectivity index (χ3n) is 6.01. The molecule has 1 aromatic heterocycles. The van der Waals surface area contributed by atoms with E-state index in [-0.39, 0.29) is 17.5 Å². The smallest absolute Gasteiger partial charge is 0.233 e. The zero-order valence-electron chi connectivity index (χ0n) is 18.8. The topological polar surface area (TPSA) is 63.5 Å². The van der Waals surface area contributed by atoms with Crippen molar-refractivity contribution >= 4 is 29.2 Å². The first kappa shape index (κ1) is 22.6. The number of carbonyl (C=O) groups is 1. The molecule has 1 fully saturated rings. The number of thioether (sulfide) groups is 1. The number of hydrogen-bond donors (Lipinski definition) is 0. The summed E-state index contributed by atoms with van der Waals surface area (Å²) in [5.41, 5.74) is 3.12. The van der Waals surface area contributed by atoms with Crippen LogP contribution in [0.15, 0.2) is 65.8 Å². The van der Waals surface area contributed by atoms with Crippen LogP contribution in [0.25, 0.3) is 11.3 Å². The monoisotopic (exact) mass is 479 g/mol. The van der Waals surface area contributed by atoms with Gasteiger partial charge in [0.15, 0.2) is 5.16 Å². The summed E-state index contributed by atoms with van der Waals surface area (Å²) in [6.45, 7) is 3.85. The van der Waals surface area contributed by atoms with E-state index in [4.69, 9.17) is 4.74 Å². The maximum atomic E-state index is 14.0. The standard InChI is InChI=1S/C25H26FN5O2S/c26-21-7-4-8-22(17-21)31-24(30-13-15-33-16-14-30)27-28-25(31)34-18-23(32)29-11-9-20(10-12-29)19-5-2-1-3-6-19/h1-9,17H,10-16,18H2. The fraction of sp³-hybridized carbons (Fsp3) is 0.320. The van der Waals surface area contributed by atoms with Crippen molar-refractivity contribution in [1.29, 1.82) is 0 Å². The molecule has 5 rings (SSSR count). The maximum Gasteiger partial charge on any atom is 0.233 e. The van der Waals surface area contributed by atoms with Gasteiger partial charge < -0.3 is 14.5 Å². The molecule has 0 bridgehead atoms. The predicted molar refractivity (Wildman–Crippen MR) is 131 cm³/mol. The zero-order valence-corrected chi connectivity index (χ0v) is 19.6. The van der Waals surface area contributed by atoms with E-state index in [9.17, 15) is 9.18 Å². The zero-order chi connectivity index (χ0) is 23.3. The van der Waals surface area contributed by atoms with Crippen LogP contribution in [-0.4, -0.2) is 70.7 Å². The Balaban J connectivity index is 1.30. The van der Waals surface area contributed by atoms with Crippen molar-refractivity contribution < 1.29 is 13.9 Å². The summed E-state index contributed by atoms with van der Waals surface area (Å²) in [5.74, 6) is 0.596. The Kier molecular flexibility index (Phi) is 6.92. The summed E-state index contributed by atoms with van der Waals surface area (Å²) in [6, 6.07) is 16.6. The average molecular weight is 480 g/mol. The van der Waals surface area contributed by atoms with Crippen LogP contribution < -0.4 is 4.90 Å². The number of benzene rings is 2. The van der Waals surface area contributed by atoms with Crippen LogP contribution in [0, 0.1) is 5.82 Å². The quantitative estimate of drug-likeness (QED) is 0.503. The Hall–Kier alpha value is -3.17. The van der Waals surface area contributed by atoms with Gasteiger partial charge in [-0.05, 0) is 35.8 Å². The van der Waals surface area contributed by atoms with E-state index < -0.39 is 0 Å². The van der Waals surface area contributed by atoms with Gasteiger partial charge in [-0.2, -0.15) is 0 Å². The van der Waals surface area contributed by atoms with Crippen molar-refractivity contribution in [2.45, 2.75) is 11.6 Å². The highest BCUT2D eigenvalue weighted by molar-refractivity contribution is 7.99. The first-order chi connectivity index (χ1) is 16.7. The van der Waals surface area contributed by atoms with Crippen LogP contribution in [-0.2, 0) is 9.53 Å². The minimum atomic E-state index is -0.333. The van der Waals surface area contributed by atoms with Gasteiger partial charge in [-0.1, -0.05) is 54.2 Å². The van der Waals surface area contributed by atoms with Crippen LogP contribution in [0.3, 0.4) is 0 Å². The first-order valence-electron chi connectivity index (χ1n) is 11.4. The van der Waals surface area contributed by atoms with Crippen LogP contribution in [0.2, 0.25) is 0 Å². The lowest BCUT2D eigenvalue weighted by Crippen LogP contribution is -2.38. The molecule has 2 aliphatic heterocycles. The summed E-state index contributed by atoms with van der Waals surface area (Å²) >= 11 is 1.33. The SMILES string of the molecule is O=C(CSc1nnc(N2CCOCC2)n1-c1cccc(F)c1)N1CC=C(c2ccccc2)CC1. The Morgan fingerprint density at radius 1 is 1.03 bits per heavy atom. The Labute approximate surface area is 202 Å². The van der Waals surface area contributed by atoms with Crippen molar-refractivity contribution in [3.05, 3.63) is 72.1 Å². The number of carbonyl (C=O) groups excluding carboxylic acids is 1. The highest BCUT2D eigenvalue weighted by atomic mass is 32.2. The second kappa shape index (κ2) is 10.4. The summed E-state index contributed by atoms with van der Waals surface area (Å²) in [4.78, 5) is 16.9. The number of rotatable bonds is 6. The fourth-order valence-corrected chi connectivity index (χ4v) is 5.04. The van der Waals surface area contributed by atoms with Crippen LogP contribution >= 0.6 is 11.8 Å². The molecule has 176 valence electrons. The van der Waals surface area contributed by atoms with Crippen molar-refractivity contribution in [2.75, 3.05) is 50.0 Å². The van der Waals surface area contributed by atoms with Gasteiger partial charge >= 0.3 is 0 Å². The van der Waals surface area contributed by atoms with E-state index >= 15 is 0 Å². The summed E-state index contributed by atoms with van der Waals surface area (Å²) in [7, 11) is 0. The first-order valence-corrected chi connectivity index (χ1v) is 12.4. The second-order valence-corrected chi connectivity index (χ2v) is 9.11. The Morgan fingerprint density at radius 3 is 2.59 bits per heavy atom. The molecule has 0 N–H and O–H groups in total. The molecule has 2 aromatic carbocycles. The van der Waals surface area contributed by atoms with E-state index in [1.54, 1.807) is 6.07 Å². The highest BCUT2D eigenvalue weighted by Gasteiger charge is 2.24. The number of halogens is 1. The van der Waals surface area contributed by atoms with Gasteiger partial charge in [0.1, 0.15) is 5.82 Å². The third-order valence-corrected chi connectivity index (χ3v) is 6.92. The minimum absolute atomic E-state index is 0.0510. The molecule has 0 radical (unpaired) electrons. The number of amides is 1. The maximum absolute atomic E-state index is 14.0. The lowest BCUT2D eigenvalue weighted by atomic mass is 10.00. The number of ether oxygens (including phenoxy) is 1. The molecule has 3 heterocycles. The minimum Gasteiger partial charge on any atom is -0.378 e. The Morgan fingerprint density at radius 2 is 1.85 bits per heavy atom. The molecule has 7 nitrogen and oxygen atoms in total. The van der Waals surface area contributed by atoms with Crippen LogP contribution in [0.5, 0.6) is 0 Å². The van der Waals surface area contributed by atoms with Gasteiger partial charge in [0.25, 0.3) is 0 Å². The molecule has 34 heavy (non-hydrogen) atoms. The number of morpholine rings is 1. The van der Waals surface area contributed by atoms with Gasteiger partial charge in [-0.25, -0.2) is 4.39 Å². The molecular formula is C25H26FN5O2S. The van der Waals surface area contributed by atoms with Crippen molar-refractivity contribution in [1.82, 2.24) is 19.7 Å². The average Bonchev–Trinajstić information content (AvgIpc) is 3.32. The second-order valence-electron chi connectivity index (χ2n) is 8.17. The van der Waals surface area contributed by atoms with Gasteiger partial charge in [0, 0.05) is 26.2 Å². The molecule has 9 heteroatoms. The molecule has 0 unspecified atom stereocenters. The largest absolute Gasteiger partial charge is 0.378 e. The molecule has 0 saturated carbocycles. The number of hydrogen-bond acceptors (Lipinski definition) is 6. The lowest BCUT2D eigenvalue weighted by molar-refractivity contribution is -0.127. The van der Waals surface area contributed by atoms with Crippen LogP contribution in [0.4, 0.5) is 10.3 Å². The van der Waals surface area contributed by atoms with E-state index in [0.29, 0.717) is 56.2 Å². The van der Waals surface area contributed by atoms with Crippen molar-refractivity contribution in [3.8, 4) is 5.69 Å².